The van der Waals surface area contributed by atoms with Crippen molar-refractivity contribution >= 4 is 22.2 Å². The molecule has 0 aliphatic heterocycles. The normalized spacial score (nSPS) is 11.2. The average molecular weight is 202 g/mol. The van der Waals surface area contributed by atoms with Gasteiger partial charge >= 0.3 is 0 Å². The van der Waals surface area contributed by atoms with Crippen LogP contribution in [-0.2, 0) is 0 Å². The van der Waals surface area contributed by atoms with Crippen molar-refractivity contribution in [2.45, 2.75) is 0 Å². The van der Waals surface area contributed by atoms with Crippen LogP contribution >= 0.6 is 0 Å². The molecule has 3 heterocycles. The number of furan rings is 1. The lowest BCUT2D eigenvalue weighted by Crippen LogP contribution is -1.73. The third kappa shape index (κ3) is 1.10. The summed E-state index contributed by atoms with van der Waals surface area (Å²) in [5.41, 5.74) is 0.617. The third-order valence-electron chi connectivity index (χ3n) is 2.17. The predicted molar refractivity (Wildman–Crippen MR) is 52.6 cm³/mol. The second-order valence-corrected chi connectivity index (χ2v) is 3.15. The Morgan fingerprint density at radius 1 is 0.800 bits per heavy atom. The van der Waals surface area contributed by atoms with E-state index in [-0.39, 0.29) is 11.8 Å². The number of aromatic nitrogens is 2. The van der Waals surface area contributed by atoms with Crippen molar-refractivity contribution in [3.63, 3.8) is 0 Å². The molecule has 3 aromatic heterocycles. The van der Waals surface area contributed by atoms with Gasteiger partial charge < -0.3 is 14.6 Å². The van der Waals surface area contributed by atoms with E-state index in [1.54, 1.807) is 12.1 Å². The van der Waals surface area contributed by atoms with Gasteiger partial charge in [0.25, 0.3) is 0 Å². The fraction of sp³-hybridized carbons (Fsp3) is 0. The highest BCUT2D eigenvalue weighted by molar-refractivity contribution is 6.02. The van der Waals surface area contributed by atoms with Crippen LogP contribution in [-0.4, -0.2) is 20.2 Å². The van der Waals surface area contributed by atoms with Crippen molar-refractivity contribution in [1.82, 2.24) is 9.97 Å². The summed E-state index contributed by atoms with van der Waals surface area (Å²) in [6.07, 6.45) is 0. The average Bonchev–Trinajstić information content (AvgIpc) is 2.53. The Labute approximate surface area is 83.6 Å². The van der Waals surface area contributed by atoms with Crippen LogP contribution in [0.3, 0.4) is 0 Å². The van der Waals surface area contributed by atoms with E-state index >= 15 is 0 Å². The number of hydrogen-bond acceptors (Lipinski definition) is 5. The van der Waals surface area contributed by atoms with Crippen molar-refractivity contribution < 1.29 is 14.6 Å². The Bertz CT molecular complexity index is 604. The molecular weight excluding hydrogens is 196 g/mol. The van der Waals surface area contributed by atoms with E-state index in [0.29, 0.717) is 11.4 Å². The summed E-state index contributed by atoms with van der Waals surface area (Å²) in [6, 6.07) is 6.35. The first-order chi connectivity index (χ1) is 7.24. The molecular formula is C10H6N2O3. The van der Waals surface area contributed by atoms with Crippen LogP contribution in [0.2, 0.25) is 0 Å². The molecule has 0 radical (unpaired) electrons. The maximum atomic E-state index is 9.17. The van der Waals surface area contributed by atoms with Crippen molar-refractivity contribution in [2.24, 2.45) is 0 Å². The molecule has 3 aromatic rings. The van der Waals surface area contributed by atoms with Gasteiger partial charge in [-0.1, -0.05) is 0 Å². The number of pyridine rings is 2. The quantitative estimate of drug-likeness (QED) is 0.580. The molecule has 0 unspecified atom stereocenters. The zero-order chi connectivity index (χ0) is 10.4. The second-order valence-electron chi connectivity index (χ2n) is 3.15. The SMILES string of the molecule is Oc1ccc2c(n1)oc1nc(O)ccc12. The molecule has 0 aliphatic rings. The summed E-state index contributed by atoms with van der Waals surface area (Å²) in [5.74, 6) is -0.212. The summed E-state index contributed by atoms with van der Waals surface area (Å²) in [5, 5.41) is 19.9. The highest BCUT2D eigenvalue weighted by Crippen LogP contribution is 2.28. The minimum Gasteiger partial charge on any atom is -0.493 e. The lowest BCUT2D eigenvalue weighted by atomic mass is 10.2. The van der Waals surface area contributed by atoms with E-state index in [9.17, 15) is 0 Å². The molecule has 0 saturated heterocycles. The third-order valence-corrected chi connectivity index (χ3v) is 2.17. The van der Waals surface area contributed by atoms with Crippen molar-refractivity contribution in [1.29, 1.82) is 0 Å². The molecule has 3 rings (SSSR count). The molecule has 5 heteroatoms. The molecule has 0 saturated carbocycles. The number of nitrogens with zero attached hydrogens (tertiary/aromatic N) is 2. The second kappa shape index (κ2) is 2.60. The number of fused-ring (bicyclic) bond motifs is 3. The first-order valence-corrected chi connectivity index (χ1v) is 4.32. The fourth-order valence-electron chi connectivity index (χ4n) is 1.52. The zero-order valence-electron chi connectivity index (χ0n) is 7.51. The number of rotatable bonds is 0. The van der Waals surface area contributed by atoms with Crippen LogP contribution < -0.4 is 0 Å². The molecule has 0 aromatic carbocycles. The standard InChI is InChI=1S/C10H6N2O3/c13-7-3-1-5-6-2-4-8(14)12-10(6)15-9(5)11-7/h1-4H,(H,11,13)(H,12,14). The summed E-state index contributed by atoms with van der Waals surface area (Å²) >= 11 is 0. The molecule has 0 spiro atoms. The summed E-state index contributed by atoms with van der Waals surface area (Å²) in [4.78, 5) is 7.62. The number of hydrogen-bond donors (Lipinski definition) is 2. The highest BCUT2D eigenvalue weighted by Gasteiger charge is 2.09. The maximum absolute atomic E-state index is 9.17. The monoisotopic (exact) mass is 202 g/mol. The van der Waals surface area contributed by atoms with E-state index in [1.165, 1.54) is 12.1 Å². The van der Waals surface area contributed by atoms with Crippen LogP contribution in [0.5, 0.6) is 11.8 Å². The topological polar surface area (TPSA) is 79.4 Å². The van der Waals surface area contributed by atoms with Crippen LogP contribution in [0.1, 0.15) is 0 Å². The summed E-state index contributed by atoms with van der Waals surface area (Å²) in [6.45, 7) is 0. The van der Waals surface area contributed by atoms with Crippen LogP contribution in [0, 0.1) is 0 Å². The van der Waals surface area contributed by atoms with Crippen molar-refractivity contribution in [2.75, 3.05) is 0 Å². The van der Waals surface area contributed by atoms with Gasteiger partial charge in [0.05, 0.1) is 10.8 Å². The fourth-order valence-corrected chi connectivity index (χ4v) is 1.52. The van der Waals surface area contributed by atoms with Gasteiger partial charge in [-0.25, -0.2) is 0 Å². The van der Waals surface area contributed by atoms with Gasteiger partial charge in [0.1, 0.15) is 0 Å². The largest absolute Gasteiger partial charge is 0.493 e. The molecule has 74 valence electrons. The predicted octanol–water partition coefficient (Wildman–Crippen LogP) is 1.79. The molecule has 5 nitrogen and oxygen atoms in total. The van der Waals surface area contributed by atoms with E-state index < -0.39 is 0 Å². The Morgan fingerprint density at radius 2 is 1.27 bits per heavy atom. The minimum atomic E-state index is -0.106. The van der Waals surface area contributed by atoms with Gasteiger partial charge in [-0.3, -0.25) is 0 Å². The maximum Gasteiger partial charge on any atom is 0.232 e. The van der Waals surface area contributed by atoms with Crippen LogP contribution in [0.15, 0.2) is 28.7 Å². The summed E-state index contributed by atoms with van der Waals surface area (Å²) < 4.78 is 5.27. The molecule has 0 amide bonds. The Kier molecular flexibility index (Phi) is 1.39. The summed E-state index contributed by atoms with van der Waals surface area (Å²) in [7, 11) is 0. The Balaban J connectivity index is 2.51. The van der Waals surface area contributed by atoms with Gasteiger partial charge in [0.2, 0.25) is 23.2 Å². The van der Waals surface area contributed by atoms with Crippen molar-refractivity contribution in [3.05, 3.63) is 24.3 Å². The molecule has 2 N–H and O–H groups in total. The lowest BCUT2D eigenvalue weighted by Gasteiger charge is -1.89. The molecule has 0 bridgehead atoms. The first kappa shape index (κ1) is 8.05. The highest BCUT2D eigenvalue weighted by atomic mass is 16.4. The smallest absolute Gasteiger partial charge is 0.232 e. The van der Waals surface area contributed by atoms with E-state index in [1.807, 2.05) is 0 Å². The van der Waals surface area contributed by atoms with Gasteiger partial charge in [0, 0.05) is 12.1 Å². The van der Waals surface area contributed by atoms with E-state index in [4.69, 9.17) is 14.6 Å². The molecule has 0 fully saturated rings. The van der Waals surface area contributed by atoms with Gasteiger partial charge in [-0.15, -0.1) is 0 Å². The van der Waals surface area contributed by atoms with Gasteiger partial charge in [-0.05, 0) is 12.1 Å². The van der Waals surface area contributed by atoms with Gasteiger partial charge in [-0.2, -0.15) is 9.97 Å². The van der Waals surface area contributed by atoms with E-state index in [2.05, 4.69) is 9.97 Å². The minimum absolute atomic E-state index is 0.106. The molecule has 0 aliphatic carbocycles. The molecule has 0 atom stereocenters. The zero-order valence-corrected chi connectivity index (χ0v) is 7.51. The first-order valence-electron chi connectivity index (χ1n) is 4.32. The van der Waals surface area contributed by atoms with Crippen LogP contribution in [0.25, 0.3) is 22.2 Å². The van der Waals surface area contributed by atoms with E-state index in [0.717, 1.165) is 10.8 Å². The Hall–Kier alpha value is -2.30. The van der Waals surface area contributed by atoms with Gasteiger partial charge in [0.15, 0.2) is 0 Å². The Morgan fingerprint density at radius 3 is 1.73 bits per heavy atom. The van der Waals surface area contributed by atoms with Crippen LogP contribution in [0.4, 0.5) is 0 Å². The number of aromatic hydroxyl groups is 2. The lowest BCUT2D eigenvalue weighted by molar-refractivity contribution is 0.448. The molecule has 15 heavy (non-hydrogen) atoms. The van der Waals surface area contributed by atoms with Crippen molar-refractivity contribution in [3.8, 4) is 11.8 Å².